The summed E-state index contributed by atoms with van der Waals surface area (Å²) in [4.78, 5) is 24.8. The lowest BCUT2D eigenvalue weighted by molar-refractivity contribution is -0.207. The van der Waals surface area contributed by atoms with Crippen LogP contribution >= 0.6 is 0 Å². The van der Waals surface area contributed by atoms with Crippen molar-refractivity contribution in [2.24, 2.45) is 0 Å². The average molecular weight is 458 g/mol. The number of hydrogen-bond donors (Lipinski definition) is 2. The second-order valence-corrected chi connectivity index (χ2v) is 8.98. The Bertz CT molecular complexity index is 1020. The summed E-state index contributed by atoms with van der Waals surface area (Å²) in [5.74, 6) is -0.581. The molecule has 2 N–H and O–H groups in total. The topological polar surface area (TPSA) is 80.6 Å². The predicted octanol–water partition coefficient (Wildman–Crippen LogP) is 4.51. The van der Waals surface area contributed by atoms with Crippen LogP contribution in [0.3, 0.4) is 0 Å². The van der Waals surface area contributed by atoms with Crippen molar-refractivity contribution in [3.05, 3.63) is 58.3 Å². The molecule has 1 aromatic heterocycles. The number of aliphatic hydroxyl groups is 1. The minimum absolute atomic E-state index is 0.0603. The number of nitrogens with one attached hydrogen (secondary N) is 1. The largest absolute Gasteiger partial charge is 0.444 e. The number of alkyl halides is 3. The summed E-state index contributed by atoms with van der Waals surface area (Å²) in [5, 5.41) is 12.3. The van der Waals surface area contributed by atoms with Gasteiger partial charge in [-0.1, -0.05) is 12.1 Å². The molecule has 0 saturated carbocycles. The molecule has 32 heavy (non-hydrogen) atoms. The van der Waals surface area contributed by atoms with E-state index in [2.05, 4.69) is 5.32 Å². The third-order valence-corrected chi connectivity index (χ3v) is 4.58. The molecular weight excluding hydrogens is 432 g/mol. The molecule has 0 bridgehead atoms. The molecule has 1 atom stereocenters. The molecule has 0 saturated heterocycles. The molecule has 0 spiro atoms. The number of halogens is 4. The fourth-order valence-electron chi connectivity index (χ4n) is 2.85. The molecular formula is C22H26F4N2O4. The van der Waals surface area contributed by atoms with Gasteiger partial charge in [0.2, 0.25) is 0 Å². The van der Waals surface area contributed by atoms with Crippen molar-refractivity contribution >= 4 is 6.09 Å². The molecule has 0 fully saturated rings. The van der Waals surface area contributed by atoms with Gasteiger partial charge in [0.15, 0.2) is 11.5 Å². The van der Waals surface area contributed by atoms with Crippen LogP contribution in [-0.4, -0.2) is 34.1 Å². The molecule has 2 aromatic rings. The Morgan fingerprint density at radius 1 is 1.09 bits per heavy atom. The lowest BCUT2D eigenvalue weighted by Crippen LogP contribution is -2.43. The van der Waals surface area contributed by atoms with E-state index in [9.17, 15) is 32.3 Å². The lowest BCUT2D eigenvalue weighted by Gasteiger charge is -2.31. The zero-order valence-electron chi connectivity index (χ0n) is 18.4. The van der Waals surface area contributed by atoms with Crippen molar-refractivity contribution < 1.29 is 32.2 Å². The fraction of sp³-hybridized carbons (Fsp3) is 0.455. The van der Waals surface area contributed by atoms with Gasteiger partial charge in [0.1, 0.15) is 11.4 Å². The van der Waals surface area contributed by atoms with Gasteiger partial charge in [-0.3, -0.25) is 4.79 Å². The number of rotatable bonds is 5. The van der Waals surface area contributed by atoms with Crippen LogP contribution in [0.15, 0.2) is 41.5 Å². The third-order valence-electron chi connectivity index (χ3n) is 4.58. The van der Waals surface area contributed by atoms with Gasteiger partial charge in [-0.15, -0.1) is 0 Å². The van der Waals surface area contributed by atoms with Gasteiger partial charge in [0, 0.05) is 24.5 Å². The van der Waals surface area contributed by atoms with E-state index in [4.69, 9.17) is 4.74 Å². The Kier molecular flexibility index (Phi) is 7.08. The summed E-state index contributed by atoms with van der Waals surface area (Å²) >= 11 is 0. The van der Waals surface area contributed by atoms with Gasteiger partial charge in [-0.05, 0) is 52.3 Å². The highest BCUT2D eigenvalue weighted by atomic mass is 19.4. The minimum Gasteiger partial charge on any atom is -0.444 e. The van der Waals surface area contributed by atoms with E-state index in [0.29, 0.717) is 0 Å². The van der Waals surface area contributed by atoms with E-state index in [1.807, 2.05) is 0 Å². The number of alkyl carbamates (subject to hydrolysis) is 1. The number of hydrogen-bond acceptors (Lipinski definition) is 4. The fourth-order valence-corrected chi connectivity index (χ4v) is 2.85. The van der Waals surface area contributed by atoms with E-state index in [1.54, 1.807) is 34.6 Å². The van der Waals surface area contributed by atoms with Crippen LogP contribution in [0.4, 0.5) is 22.4 Å². The van der Waals surface area contributed by atoms with Crippen LogP contribution < -0.4 is 10.7 Å². The highest BCUT2D eigenvalue weighted by Gasteiger charge is 2.41. The number of ether oxygens (including phenoxy) is 1. The van der Waals surface area contributed by atoms with Gasteiger partial charge >= 0.3 is 12.3 Å². The van der Waals surface area contributed by atoms with Crippen molar-refractivity contribution in [3.63, 3.8) is 0 Å². The zero-order chi connectivity index (χ0) is 24.5. The number of nitrogens with zero attached hydrogens (tertiary/aromatic N) is 1. The second-order valence-electron chi connectivity index (χ2n) is 8.98. The van der Waals surface area contributed by atoms with Crippen LogP contribution in [0.2, 0.25) is 0 Å². The number of pyridine rings is 1. The molecule has 0 aliphatic carbocycles. The van der Waals surface area contributed by atoms with E-state index in [-0.39, 0.29) is 17.7 Å². The molecule has 6 nitrogen and oxygen atoms in total. The van der Waals surface area contributed by atoms with E-state index in [0.717, 1.165) is 18.3 Å². The molecule has 2 rings (SSSR count). The summed E-state index contributed by atoms with van der Waals surface area (Å²) in [5.41, 5.74) is -3.67. The number of aromatic nitrogens is 1. The summed E-state index contributed by atoms with van der Waals surface area (Å²) in [6.07, 6.45) is -6.60. The smallest absolute Gasteiger partial charge is 0.418 e. The number of amides is 1. The van der Waals surface area contributed by atoms with Crippen LogP contribution in [0, 0.1) is 5.82 Å². The highest BCUT2D eigenvalue weighted by Crippen LogP contribution is 2.32. The van der Waals surface area contributed by atoms with Crippen molar-refractivity contribution in [1.29, 1.82) is 0 Å². The Morgan fingerprint density at radius 3 is 2.16 bits per heavy atom. The first-order valence-electron chi connectivity index (χ1n) is 9.75. The SMILES string of the molecule is CC(C)(C)OC(=O)NCC(C)(C)n1cc(-c2ccc(F)cc2)c(=O)c(C(O)C(F)(F)F)c1. The molecule has 1 amide bonds. The number of aliphatic hydroxyl groups excluding tert-OH is 1. The highest BCUT2D eigenvalue weighted by molar-refractivity contribution is 5.67. The van der Waals surface area contributed by atoms with Crippen molar-refractivity contribution in [2.45, 2.75) is 58.0 Å². The Labute approximate surface area is 182 Å². The lowest BCUT2D eigenvalue weighted by atomic mass is 9.99. The molecule has 0 aliphatic rings. The Balaban J connectivity index is 2.53. The van der Waals surface area contributed by atoms with Gasteiger partial charge in [-0.2, -0.15) is 13.2 Å². The van der Waals surface area contributed by atoms with Gasteiger partial charge in [-0.25, -0.2) is 9.18 Å². The second kappa shape index (κ2) is 8.93. The molecule has 176 valence electrons. The molecule has 0 radical (unpaired) electrons. The van der Waals surface area contributed by atoms with Crippen LogP contribution in [-0.2, 0) is 10.3 Å². The maximum Gasteiger partial charge on any atom is 0.418 e. The standard InChI is InChI=1S/C22H26F4N2O4/c1-20(2,3)32-19(31)27-12-21(4,5)28-10-15(13-6-8-14(23)9-7-13)17(29)16(11-28)18(30)22(24,25)26/h6-11,18,30H,12H2,1-5H3,(H,27,31). The van der Waals surface area contributed by atoms with E-state index < -0.39 is 46.3 Å². The third kappa shape index (κ3) is 6.32. The Morgan fingerprint density at radius 2 is 1.66 bits per heavy atom. The maximum absolute atomic E-state index is 13.3. The summed E-state index contributed by atoms with van der Waals surface area (Å²) in [6, 6.07) is 4.65. The molecule has 1 aromatic carbocycles. The van der Waals surface area contributed by atoms with Gasteiger partial charge in [0.05, 0.1) is 11.1 Å². The minimum atomic E-state index is -5.07. The van der Waals surface area contributed by atoms with Crippen molar-refractivity contribution in [3.8, 4) is 11.1 Å². The first-order chi connectivity index (χ1) is 14.5. The first-order valence-corrected chi connectivity index (χ1v) is 9.75. The monoisotopic (exact) mass is 458 g/mol. The molecule has 1 unspecified atom stereocenters. The number of carbonyl (C=O) groups is 1. The summed E-state index contributed by atoms with van der Waals surface area (Å²) < 4.78 is 59.4. The predicted molar refractivity (Wildman–Crippen MR) is 111 cm³/mol. The molecule has 1 heterocycles. The summed E-state index contributed by atoms with van der Waals surface area (Å²) in [7, 11) is 0. The molecule has 0 aliphatic heterocycles. The quantitative estimate of drug-likeness (QED) is 0.646. The first kappa shape index (κ1) is 25.4. The average Bonchev–Trinajstić information content (AvgIpc) is 2.65. The van der Waals surface area contributed by atoms with Crippen molar-refractivity contribution in [1.82, 2.24) is 9.88 Å². The van der Waals surface area contributed by atoms with Crippen LogP contribution in [0.1, 0.15) is 46.3 Å². The maximum atomic E-state index is 13.3. The molecule has 10 heteroatoms. The normalized spacial score (nSPS) is 13.6. The van der Waals surface area contributed by atoms with Crippen molar-refractivity contribution in [2.75, 3.05) is 6.54 Å². The van der Waals surface area contributed by atoms with Crippen LogP contribution in [0.25, 0.3) is 11.1 Å². The van der Waals surface area contributed by atoms with Crippen LogP contribution in [0.5, 0.6) is 0 Å². The van der Waals surface area contributed by atoms with E-state index in [1.165, 1.54) is 22.9 Å². The Hall–Kier alpha value is -2.88. The number of benzene rings is 1. The van der Waals surface area contributed by atoms with Gasteiger partial charge in [0.25, 0.3) is 0 Å². The number of carbonyl (C=O) groups excluding carboxylic acids is 1. The zero-order valence-corrected chi connectivity index (χ0v) is 18.4. The summed E-state index contributed by atoms with van der Waals surface area (Å²) in [6.45, 7) is 8.22. The van der Waals surface area contributed by atoms with E-state index >= 15 is 0 Å². The van der Waals surface area contributed by atoms with Gasteiger partial charge < -0.3 is 19.7 Å².